The van der Waals surface area contributed by atoms with Gasteiger partial charge in [-0.15, -0.1) is 0 Å². The molecule has 4 rings (SSSR count). The van der Waals surface area contributed by atoms with Gasteiger partial charge in [-0.25, -0.2) is 8.42 Å². The van der Waals surface area contributed by atoms with Crippen LogP contribution >= 0.6 is 0 Å². The number of benzene rings is 2. The van der Waals surface area contributed by atoms with E-state index in [4.69, 9.17) is 0 Å². The van der Waals surface area contributed by atoms with Crippen LogP contribution in [-0.2, 0) is 26.0 Å². The van der Waals surface area contributed by atoms with Gasteiger partial charge in [-0.2, -0.15) is 4.31 Å². The zero-order valence-electron chi connectivity index (χ0n) is 18.7. The first-order valence-corrected chi connectivity index (χ1v) is 12.4. The molecular formula is C24H29N3O4S. The number of rotatable bonds is 4. The van der Waals surface area contributed by atoms with Crippen molar-refractivity contribution in [2.24, 2.45) is 0 Å². The molecule has 1 saturated heterocycles. The van der Waals surface area contributed by atoms with E-state index in [2.05, 4.69) is 5.32 Å². The van der Waals surface area contributed by atoms with Crippen molar-refractivity contribution in [1.29, 1.82) is 0 Å². The molecule has 7 nitrogen and oxygen atoms in total. The highest BCUT2D eigenvalue weighted by Crippen LogP contribution is 2.35. The van der Waals surface area contributed by atoms with Crippen LogP contribution in [0.4, 0.5) is 11.4 Å². The van der Waals surface area contributed by atoms with E-state index < -0.39 is 16.1 Å². The Kier molecular flexibility index (Phi) is 6.09. The number of amides is 2. The first-order chi connectivity index (χ1) is 15.2. The number of carbonyl (C=O) groups is 2. The lowest BCUT2D eigenvalue weighted by molar-refractivity contribution is -0.122. The number of aryl methyl sites for hydroxylation is 2. The number of nitrogens with one attached hydrogen (secondary N) is 1. The van der Waals surface area contributed by atoms with E-state index in [-0.39, 0.29) is 23.1 Å². The molecule has 32 heavy (non-hydrogen) atoms. The number of fused-ring (bicyclic) bond motifs is 1. The summed E-state index contributed by atoms with van der Waals surface area (Å²) in [6.07, 6.45) is 3.04. The van der Waals surface area contributed by atoms with Gasteiger partial charge >= 0.3 is 0 Å². The van der Waals surface area contributed by atoms with Crippen molar-refractivity contribution in [3.63, 3.8) is 0 Å². The lowest BCUT2D eigenvalue weighted by Crippen LogP contribution is -2.44. The van der Waals surface area contributed by atoms with Crippen LogP contribution in [0.15, 0.2) is 41.3 Å². The molecule has 0 unspecified atom stereocenters. The first-order valence-electron chi connectivity index (χ1n) is 11.0. The normalized spacial score (nSPS) is 19.0. The number of carbonyl (C=O) groups excluding carboxylic acids is 2. The summed E-state index contributed by atoms with van der Waals surface area (Å²) >= 11 is 0. The number of piperidine rings is 1. The fourth-order valence-corrected chi connectivity index (χ4v) is 6.18. The van der Waals surface area contributed by atoms with Gasteiger partial charge in [0.05, 0.1) is 4.90 Å². The summed E-state index contributed by atoms with van der Waals surface area (Å²) in [6, 6.07) is 9.86. The second-order valence-electron chi connectivity index (χ2n) is 8.67. The van der Waals surface area contributed by atoms with Crippen LogP contribution in [0, 0.1) is 13.8 Å². The van der Waals surface area contributed by atoms with Gasteiger partial charge in [-0.1, -0.05) is 24.1 Å². The molecule has 2 aliphatic heterocycles. The molecule has 0 spiro atoms. The van der Waals surface area contributed by atoms with E-state index in [1.165, 1.54) is 16.1 Å². The van der Waals surface area contributed by atoms with Crippen molar-refractivity contribution < 1.29 is 18.0 Å². The molecule has 2 heterocycles. The first kappa shape index (κ1) is 22.5. The van der Waals surface area contributed by atoms with Crippen molar-refractivity contribution in [2.75, 3.05) is 23.3 Å². The number of anilines is 2. The van der Waals surface area contributed by atoms with Crippen LogP contribution < -0.4 is 10.2 Å². The lowest BCUT2D eigenvalue weighted by atomic mass is 10.1. The molecule has 0 bridgehead atoms. The molecule has 1 N–H and O–H groups in total. The third-order valence-corrected chi connectivity index (χ3v) is 8.16. The summed E-state index contributed by atoms with van der Waals surface area (Å²) in [5, 5.41) is 2.94. The molecule has 0 aromatic heterocycles. The average Bonchev–Trinajstić information content (AvgIpc) is 3.15. The second-order valence-corrected chi connectivity index (χ2v) is 10.6. The smallest absolute Gasteiger partial charge is 0.247 e. The molecule has 1 atom stereocenters. The van der Waals surface area contributed by atoms with Gasteiger partial charge in [-0.3, -0.25) is 14.5 Å². The molecule has 2 aliphatic rings. The Bertz CT molecular complexity index is 1170. The minimum absolute atomic E-state index is 0.220. The molecule has 2 aromatic carbocycles. The molecule has 1 fully saturated rings. The minimum Gasteiger partial charge on any atom is -0.324 e. The van der Waals surface area contributed by atoms with Crippen molar-refractivity contribution in [3.8, 4) is 0 Å². The number of nitrogens with zero attached hydrogens (tertiary/aromatic N) is 2. The average molecular weight is 456 g/mol. The van der Waals surface area contributed by atoms with Crippen molar-refractivity contribution in [2.45, 2.75) is 57.4 Å². The summed E-state index contributed by atoms with van der Waals surface area (Å²) < 4.78 is 27.7. The Labute approximate surface area is 189 Å². The Morgan fingerprint density at radius 3 is 2.38 bits per heavy atom. The van der Waals surface area contributed by atoms with E-state index in [1.54, 1.807) is 18.2 Å². The Morgan fingerprint density at radius 2 is 1.72 bits per heavy atom. The predicted molar refractivity (Wildman–Crippen MR) is 124 cm³/mol. The topological polar surface area (TPSA) is 86.8 Å². The second kappa shape index (κ2) is 8.67. The van der Waals surface area contributed by atoms with Gasteiger partial charge in [-0.05, 0) is 62.1 Å². The van der Waals surface area contributed by atoms with E-state index in [0.717, 1.165) is 30.4 Å². The van der Waals surface area contributed by atoms with Gasteiger partial charge in [0.1, 0.15) is 6.04 Å². The molecule has 170 valence electrons. The molecule has 0 saturated carbocycles. The molecule has 2 aromatic rings. The van der Waals surface area contributed by atoms with Gasteiger partial charge in [0, 0.05) is 37.8 Å². The SMILES string of the molecule is CC(=O)N1c2ccc(S(=O)(=O)N3CCCCC3)cc2C[C@@H]1C(=O)Nc1ccc(C)cc1C. The van der Waals surface area contributed by atoms with Crippen LogP contribution in [0.5, 0.6) is 0 Å². The fraction of sp³-hybridized carbons (Fsp3) is 0.417. The monoisotopic (exact) mass is 455 g/mol. The predicted octanol–water partition coefficient (Wildman–Crippen LogP) is 3.39. The summed E-state index contributed by atoms with van der Waals surface area (Å²) in [5.41, 5.74) is 4.03. The molecular weight excluding hydrogens is 426 g/mol. The van der Waals surface area contributed by atoms with Crippen LogP contribution in [0.3, 0.4) is 0 Å². The zero-order chi connectivity index (χ0) is 23.0. The number of hydrogen-bond acceptors (Lipinski definition) is 4. The highest BCUT2D eigenvalue weighted by atomic mass is 32.2. The van der Waals surface area contributed by atoms with Crippen LogP contribution in [0.2, 0.25) is 0 Å². The zero-order valence-corrected chi connectivity index (χ0v) is 19.5. The summed E-state index contributed by atoms with van der Waals surface area (Å²) in [6.45, 7) is 6.39. The number of hydrogen-bond donors (Lipinski definition) is 1. The van der Waals surface area contributed by atoms with Gasteiger partial charge in [0.2, 0.25) is 21.8 Å². The molecule has 8 heteroatoms. The van der Waals surface area contributed by atoms with Gasteiger partial charge < -0.3 is 5.32 Å². The van der Waals surface area contributed by atoms with E-state index in [0.29, 0.717) is 30.0 Å². The third-order valence-electron chi connectivity index (χ3n) is 6.27. The molecule has 0 radical (unpaired) electrons. The summed E-state index contributed by atoms with van der Waals surface area (Å²) in [7, 11) is -3.59. The quantitative estimate of drug-likeness (QED) is 0.766. The van der Waals surface area contributed by atoms with E-state index in [9.17, 15) is 18.0 Å². The Morgan fingerprint density at radius 1 is 1.00 bits per heavy atom. The van der Waals surface area contributed by atoms with Crippen molar-refractivity contribution in [1.82, 2.24) is 4.31 Å². The van der Waals surface area contributed by atoms with Crippen LogP contribution in [-0.4, -0.2) is 43.7 Å². The maximum Gasteiger partial charge on any atom is 0.247 e. The summed E-state index contributed by atoms with van der Waals surface area (Å²) in [5.74, 6) is -0.542. The van der Waals surface area contributed by atoms with Gasteiger partial charge in [0.25, 0.3) is 0 Å². The number of sulfonamides is 1. The van der Waals surface area contributed by atoms with E-state index in [1.807, 2.05) is 32.0 Å². The maximum atomic E-state index is 13.1. The Hall–Kier alpha value is -2.71. The third kappa shape index (κ3) is 4.17. The van der Waals surface area contributed by atoms with E-state index >= 15 is 0 Å². The van der Waals surface area contributed by atoms with Crippen LogP contribution in [0.25, 0.3) is 0 Å². The molecule has 0 aliphatic carbocycles. The fourth-order valence-electron chi connectivity index (χ4n) is 4.61. The van der Waals surface area contributed by atoms with Crippen molar-refractivity contribution in [3.05, 3.63) is 53.1 Å². The summed E-state index contributed by atoms with van der Waals surface area (Å²) in [4.78, 5) is 27.3. The lowest BCUT2D eigenvalue weighted by Gasteiger charge is -2.26. The van der Waals surface area contributed by atoms with Crippen molar-refractivity contribution >= 4 is 33.2 Å². The highest BCUT2D eigenvalue weighted by molar-refractivity contribution is 7.89. The Balaban J connectivity index is 1.61. The minimum atomic E-state index is -3.59. The highest BCUT2D eigenvalue weighted by Gasteiger charge is 2.38. The van der Waals surface area contributed by atoms with Gasteiger partial charge in [0.15, 0.2) is 0 Å². The maximum absolute atomic E-state index is 13.1. The largest absolute Gasteiger partial charge is 0.324 e. The molecule has 2 amide bonds. The standard InChI is InChI=1S/C24H29N3O4S/c1-16-7-9-21(17(2)13-16)25-24(29)23-15-19-14-20(8-10-22(19)27(23)18(3)28)32(30,31)26-11-5-4-6-12-26/h7-10,13-14,23H,4-6,11-12,15H2,1-3H3,(H,25,29)/t23-/m1/s1. The van der Waals surface area contributed by atoms with Crippen LogP contribution in [0.1, 0.15) is 42.9 Å².